The SMILES string of the molecule is CC(=O)O.CCCCCCOc1ccc(C=c2sc3nc(-c4ccccc4OC(C)=O)nn3c2=O)cc1OC. The van der Waals surface area contributed by atoms with Gasteiger partial charge in [0.25, 0.3) is 11.5 Å². The Balaban J connectivity index is 0.000000983. The van der Waals surface area contributed by atoms with Crippen LogP contribution in [0.5, 0.6) is 17.2 Å². The van der Waals surface area contributed by atoms with Crippen LogP contribution in [-0.4, -0.2) is 45.4 Å². The number of rotatable bonds is 10. The van der Waals surface area contributed by atoms with E-state index in [1.54, 1.807) is 37.5 Å². The van der Waals surface area contributed by atoms with Gasteiger partial charge in [-0.1, -0.05) is 55.7 Å². The van der Waals surface area contributed by atoms with E-state index in [2.05, 4.69) is 17.0 Å². The van der Waals surface area contributed by atoms with Crippen LogP contribution in [0.3, 0.4) is 0 Å². The summed E-state index contributed by atoms with van der Waals surface area (Å²) >= 11 is 1.23. The van der Waals surface area contributed by atoms with E-state index in [0.717, 1.165) is 25.3 Å². The van der Waals surface area contributed by atoms with Crippen LogP contribution in [0.4, 0.5) is 0 Å². The van der Waals surface area contributed by atoms with E-state index in [4.69, 9.17) is 24.1 Å². The number of carbonyl (C=O) groups is 2. The molecule has 1 N–H and O–H groups in total. The van der Waals surface area contributed by atoms with Gasteiger partial charge in [0.15, 0.2) is 17.3 Å². The van der Waals surface area contributed by atoms with Crippen molar-refractivity contribution in [2.45, 2.75) is 46.5 Å². The number of aromatic nitrogens is 3. The number of fused-ring (bicyclic) bond motifs is 1. The summed E-state index contributed by atoms with van der Waals surface area (Å²) in [5.41, 5.74) is 1.07. The third-order valence-electron chi connectivity index (χ3n) is 5.30. The molecule has 0 amide bonds. The molecule has 0 aliphatic rings. The molecule has 11 heteroatoms. The van der Waals surface area contributed by atoms with Crippen molar-refractivity contribution in [1.82, 2.24) is 14.6 Å². The second-order valence-electron chi connectivity index (χ2n) is 8.47. The van der Waals surface area contributed by atoms with E-state index in [9.17, 15) is 9.59 Å². The first-order valence-electron chi connectivity index (χ1n) is 12.4. The maximum Gasteiger partial charge on any atom is 0.308 e. The molecule has 39 heavy (non-hydrogen) atoms. The number of thiazole rings is 1. The fourth-order valence-electron chi connectivity index (χ4n) is 3.60. The van der Waals surface area contributed by atoms with Gasteiger partial charge in [-0.05, 0) is 42.3 Å². The molecule has 0 saturated carbocycles. The molecular formula is C28H31N3O7S. The lowest BCUT2D eigenvalue weighted by Crippen LogP contribution is -2.23. The molecule has 0 aliphatic heterocycles. The normalized spacial score (nSPS) is 11.1. The van der Waals surface area contributed by atoms with Crippen LogP contribution in [-0.2, 0) is 9.59 Å². The number of unbranched alkanes of at least 4 members (excludes halogenated alkanes) is 3. The Bertz CT molecular complexity index is 1540. The van der Waals surface area contributed by atoms with Crippen LogP contribution < -0.4 is 24.3 Å². The Morgan fingerprint density at radius 1 is 1.05 bits per heavy atom. The van der Waals surface area contributed by atoms with Crippen molar-refractivity contribution in [2.75, 3.05) is 13.7 Å². The molecule has 0 radical (unpaired) electrons. The Kier molecular flexibility index (Phi) is 10.6. The molecule has 0 atom stereocenters. The van der Waals surface area contributed by atoms with Crippen LogP contribution in [0.1, 0.15) is 52.0 Å². The molecule has 10 nitrogen and oxygen atoms in total. The van der Waals surface area contributed by atoms with Crippen LogP contribution in [0.25, 0.3) is 22.4 Å². The molecule has 0 saturated heterocycles. The van der Waals surface area contributed by atoms with Gasteiger partial charge < -0.3 is 19.3 Å². The average Bonchev–Trinajstić information content (AvgIpc) is 3.43. The summed E-state index contributed by atoms with van der Waals surface area (Å²) in [6.07, 6.45) is 6.30. The Morgan fingerprint density at radius 2 is 1.79 bits per heavy atom. The van der Waals surface area contributed by atoms with E-state index in [0.29, 0.717) is 44.7 Å². The summed E-state index contributed by atoms with van der Waals surface area (Å²) in [4.78, 5) is 38.3. The van der Waals surface area contributed by atoms with Gasteiger partial charge in [-0.25, -0.2) is 0 Å². The number of carboxylic acids is 1. The van der Waals surface area contributed by atoms with Crippen molar-refractivity contribution in [3.63, 3.8) is 0 Å². The highest BCUT2D eigenvalue weighted by atomic mass is 32.1. The third-order valence-corrected chi connectivity index (χ3v) is 6.26. The molecule has 0 fully saturated rings. The highest BCUT2D eigenvalue weighted by Gasteiger charge is 2.16. The Morgan fingerprint density at radius 3 is 2.46 bits per heavy atom. The van der Waals surface area contributed by atoms with Gasteiger partial charge >= 0.3 is 5.97 Å². The number of methoxy groups -OCH3 is 1. The van der Waals surface area contributed by atoms with E-state index < -0.39 is 11.9 Å². The van der Waals surface area contributed by atoms with Crippen LogP contribution in [0.2, 0.25) is 0 Å². The summed E-state index contributed by atoms with van der Waals surface area (Å²) in [7, 11) is 1.60. The molecule has 2 aromatic heterocycles. The second kappa shape index (κ2) is 14.1. The fraction of sp³-hybridized carbons (Fsp3) is 0.321. The van der Waals surface area contributed by atoms with Gasteiger partial charge in [-0.2, -0.15) is 9.50 Å². The van der Waals surface area contributed by atoms with Crippen molar-refractivity contribution in [3.05, 3.63) is 62.9 Å². The monoisotopic (exact) mass is 553 g/mol. The molecule has 0 bridgehead atoms. The zero-order chi connectivity index (χ0) is 28.4. The number of benzene rings is 2. The largest absolute Gasteiger partial charge is 0.493 e. The first-order chi connectivity index (χ1) is 18.7. The maximum atomic E-state index is 13.0. The summed E-state index contributed by atoms with van der Waals surface area (Å²) < 4.78 is 18.4. The number of para-hydroxylation sites is 1. The molecule has 0 aliphatic carbocycles. The average molecular weight is 554 g/mol. The fourth-order valence-corrected chi connectivity index (χ4v) is 4.51. The smallest absolute Gasteiger partial charge is 0.308 e. The van der Waals surface area contributed by atoms with Crippen molar-refractivity contribution in [3.8, 4) is 28.6 Å². The van der Waals surface area contributed by atoms with Gasteiger partial charge in [-0.15, -0.1) is 5.10 Å². The van der Waals surface area contributed by atoms with Gasteiger partial charge in [0, 0.05) is 13.8 Å². The minimum absolute atomic E-state index is 0.274. The lowest BCUT2D eigenvalue weighted by atomic mass is 10.2. The zero-order valence-corrected chi connectivity index (χ0v) is 23.1. The molecule has 0 spiro atoms. The van der Waals surface area contributed by atoms with E-state index >= 15 is 0 Å². The number of ether oxygens (including phenoxy) is 3. The Labute approximate surface area is 229 Å². The highest BCUT2D eigenvalue weighted by Crippen LogP contribution is 2.29. The number of carboxylic acid groups (broad SMARTS) is 1. The summed E-state index contributed by atoms with van der Waals surface area (Å²) in [6, 6.07) is 12.5. The van der Waals surface area contributed by atoms with Crippen molar-refractivity contribution >= 4 is 34.3 Å². The number of aliphatic carboxylic acids is 1. The highest BCUT2D eigenvalue weighted by molar-refractivity contribution is 7.15. The quantitative estimate of drug-likeness (QED) is 0.173. The minimum atomic E-state index is -0.833. The summed E-state index contributed by atoms with van der Waals surface area (Å²) in [6.45, 7) is 5.23. The number of nitrogens with zero attached hydrogens (tertiary/aromatic N) is 3. The standard InChI is InChI=1S/C26H27N3O5S.C2H4O2/c1-4-5-6-9-14-33-21-13-12-18(15-22(21)32-3)16-23-25(31)29-26(35-23)27-24(28-29)19-10-7-8-11-20(19)34-17(2)30;1-2(3)4/h7-8,10-13,15-16H,4-6,9,14H2,1-3H3;1H3,(H,3,4). The minimum Gasteiger partial charge on any atom is -0.493 e. The predicted molar refractivity (Wildman–Crippen MR) is 149 cm³/mol. The van der Waals surface area contributed by atoms with Crippen LogP contribution >= 0.6 is 11.3 Å². The summed E-state index contributed by atoms with van der Waals surface area (Å²) in [5.74, 6) is 0.687. The number of esters is 1. The topological polar surface area (TPSA) is 129 Å². The van der Waals surface area contributed by atoms with Gasteiger partial charge in [0.2, 0.25) is 4.96 Å². The molecule has 4 aromatic rings. The lowest BCUT2D eigenvalue weighted by Gasteiger charge is -2.11. The molecule has 2 aromatic carbocycles. The van der Waals surface area contributed by atoms with Crippen molar-refractivity contribution < 1.29 is 28.9 Å². The van der Waals surface area contributed by atoms with Gasteiger partial charge in [0.05, 0.1) is 23.8 Å². The second-order valence-corrected chi connectivity index (χ2v) is 9.48. The number of hydrogen-bond acceptors (Lipinski definition) is 9. The molecule has 206 valence electrons. The van der Waals surface area contributed by atoms with E-state index in [-0.39, 0.29) is 5.56 Å². The van der Waals surface area contributed by atoms with Gasteiger partial charge in [-0.3, -0.25) is 14.4 Å². The summed E-state index contributed by atoms with van der Waals surface area (Å²) in [5, 5.41) is 11.8. The third kappa shape index (κ3) is 8.11. The molecule has 0 unspecified atom stereocenters. The van der Waals surface area contributed by atoms with Gasteiger partial charge in [0.1, 0.15) is 5.75 Å². The zero-order valence-electron chi connectivity index (χ0n) is 22.3. The first kappa shape index (κ1) is 29.3. The van der Waals surface area contributed by atoms with Crippen molar-refractivity contribution in [1.29, 1.82) is 0 Å². The first-order valence-corrected chi connectivity index (χ1v) is 13.2. The van der Waals surface area contributed by atoms with E-state index in [1.807, 2.05) is 18.2 Å². The van der Waals surface area contributed by atoms with Crippen molar-refractivity contribution in [2.24, 2.45) is 0 Å². The molecular weight excluding hydrogens is 522 g/mol. The maximum absolute atomic E-state index is 13.0. The Hall–Kier alpha value is -4.25. The molecule has 4 rings (SSSR count). The number of hydrogen-bond donors (Lipinski definition) is 1. The van der Waals surface area contributed by atoms with E-state index in [1.165, 1.54) is 35.6 Å². The van der Waals surface area contributed by atoms with Crippen LogP contribution in [0.15, 0.2) is 47.3 Å². The molecule has 2 heterocycles. The number of carbonyl (C=O) groups excluding carboxylic acids is 1. The lowest BCUT2D eigenvalue weighted by molar-refractivity contribution is -0.134. The van der Waals surface area contributed by atoms with Crippen LogP contribution in [0, 0.1) is 0 Å². The predicted octanol–water partition coefficient (Wildman–Crippen LogP) is 4.35.